The van der Waals surface area contributed by atoms with Crippen LogP contribution in [0.3, 0.4) is 0 Å². The smallest absolute Gasteiger partial charge is 0.0249 e. The third-order valence-electron chi connectivity index (χ3n) is 6.73. The lowest BCUT2D eigenvalue weighted by molar-refractivity contribution is 0.249. The van der Waals surface area contributed by atoms with E-state index in [1.165, 1.54) is 76.2 Å². The van der Waals surface area contributed by atoms with Crippen LogP contribution in [-0.2, 0) is 6.42 Å². The molecule has 0 bridgehead atoms. The van der Waals surface area contributed by atoms with Gasteiger partial charge in [0.2, 0.25) is 0 Å². The molecular weight excluding hydrogens is 372 g/mol. The van der Waals surface area contributed by atoms with Gasteiger partial charge in [0.25, 0.3) is 0 Å². The Morgan fingerprint density at radius 3 is 1.71 bits per heavy atom. The van der Waals surface area contributed by atoms with E-state index >= 15 is 0 Å². The monoisotopic (exact) mass is 410 g/mol. The van der Waals surface area contributed by atoms with Crippen molar-refractivity contribution in [2.24, 2.45) is 11.8 Å². The van der Waals surface area contributed by atoms with Gasteiger partial charge in [-0.25, -0.2) is 0 Å². The van der Waals surface area contributed by atoms with E-state index in [0.29, 0.717) is 0 Å². The minimum absolute atomic E-state index is 0.937. The highest BCUT2D eigenvalue weighted by atomic mass is 14.3. The number of rotatable bonds is 8. The molecule has 0 amide bonds. The summed E-state index contributed by atoms with van der Waals surface area (Å²) in [6.07, 6.45) is 15.5. The standard InChI is InChI=1S/C31H38/c1-3-5-6-7-9-27-12-16-29(17-13-27)19-21-31-24-22-30(23-25-31)20-18-28-14-10-26(8-4-2)11-15-28/h10-11,14-15,22-25,27,29H,3,5-7,9,12-13,16-17,19,21H2,1-2H3. The quantitative estimate of drug-likeness (QED) is 0.304. The minimum atomic E-state index is 0.937. The van der Waals surface area contributed by atoms with E-state index in [4.69, 9.17) is 0 Å². The summed E-state index contributed by atoms with van der Waals surface area (Å²) >= 11 is 0. The molecule has 0 saturated heterocycles. The fraction of sp³-hybridized carbons (Fsp3) is 0.484. The van der Waals surface area contributed by atoms with Crippen molar-refractivity contribution in [1.82, 2.24) is 0 Å². The van der Waals surface area contributed by atoms with Crippen LogP contribution < -0.4 is 0 Å². The van der Waals surface area contributed by atoms with Crippen molar-refractivity contribution in [2.45, 2.75) is 84.5 Å². The van der Waals surface area contributed by atoms with E-state index in [1.807, 2.05) is 31.2 Å². The van der Waals surface area contributed by atoms with Gasteiger partial charge in [0, 0.05) is 16.7 Å². The summed E-state index contributed by atoms with van der Waals surface area (Å²) < 4.78 is 0. The predicted molar refractivity (Wildman–Crippen MR) is 134 cm³/mol. The molecule has 0 nitrogen and oxygen atoms in total. The molecule has 1 aliphatic rings. The number of hydrogen-bond donors (Lipinski definition) is 0. The maximum atomic E-state index is 3.29. The van der Waals surface area contributed by atoms with Crippen molar-refractivity contribution in [1.29, 1.82) is 0 Å². The van der Waals surface area contributed by atoms with E-state index in [0.717, 1.165) is 28.5 Å². The minimum Gasteiger partial charge on any atom is -0.101 e. The lowest BCUT2D eigenvalue weighted by Crippen LogP contribution is -2.15. The summed E-state index contributed by atoms with van der Waals surface area (Å²) in [5, 5.41) is 0. The highest BCUT2D eigenvalue weighted by Gasteiger charge is 2.20. The molecule has 0 aliphatic heterocycles. The molecule has 0 aromatic heterocycles. The molecule has 0 heteroatoms. The van der Waals surface area contributed by atoms with Gasteiger partial charge < -0.3 is 0 Å². The normalized spacial score (nSPS) is 17.9. The van der Waals surface area contributed by atoms with Gasteiger partial charge in [-0.3, -0.25) is 0 Å². The van der Waals surface area contributed by atoms with Crippen LogP contribution in [-0.4, -0.2) is 0 Å². The summed E-state index contributed by atoms with van der Waals surface area (Å²) in [6.45, 7) is 4.16. The number of aryl methyl sites for hydroxylation is 1. The van der Waals surface area contributed by atoms with Gasteiger partial charge in [0.1, 0.15) is 0 Å². The van der Waals surface area contributed by atoms with Crippen molar-refractivity contribution in [3.05, 3.63) is 70.8 Å². The molecule has 0 heterocycles. The zero-order valence-electron chi connectivity index (χ0n) is 19.6. The predicted octanol–water partition coefficient (Wildman–Crippen LogP) is 8.17. The molecule has 3 rings (SSSR count). The molecular formula is C31H38. The van der Waals surface area contributed by atoms with Gasteiger partial charge in [-0.15, -0.1) is 5.92 Å². The van der Waals surface area contributed by atoms with Crippen molar-refractivity contribution in [3.8, 4) is 23.7 Å². The van der Waals surface area contributed by atoms with Crippen LogP contribution in [0, 0.1) is 35.5 Å². The van der Waals surface area contributed by atoms with Crippen molar-refractivity contribution >= 4 is 0 Å². The fourth-order valence-corrected chi connectivity index (χ4v) is 4.72. The van der Waals surface area contributed by atoms with E-state index in [2.05, 4.69) is 54.9 Å². The lowest BCUT2D eigenvalue weighted by Gasteiger charge is -2.28. The first-order valence-corrected chi connectivity index (χ1v) is 12.4. The third-order valence-corrected chi connectivity index (χ3v) is 6.73. The van der Waals surface area contributed by atoms with E-state index in [9.17, 15) is 0 Å². The Labute approximate surface area is 190 Å². The largest absolute Gasteiger partial charge is 0.101 e. The molecule has 31 heavy (non-hydrogen) atoms. The van der Waals surface area contributed by atoms with Gasteiger partial charge >= 0.3 is 0 Å². The Morgan fingerprint density at radius 2 is 1.16 bits per heavy atom. The Balaban J connectivity index is 1.40. The summed E-state index contributed by atoms with van der Waals surface area (Å²) in [5.41, 5.74) is 4.61. The molecule has 0 atom stereocenters. The Hall–Kier alpha value is -2.44. The number of benzene rings is 2. The molecule has 1 aliphatic carbocycles. The molecule has 0 radical (unpaired) electrons. The van der Waals surface area contributed by atoms with Gasteiger partial charge in [-0.05, 0) is 73.6 Å². The molecule has 0 unspecified atom stereocenters. The molecule has 1 saturated carbocycles. The summed E-state index contributed by atoms with van der Waals surface area (Å²) in [4.78, 5) is 0. The number of hydrogen-bond acceptors (Lipinski definition) is 0. The Bertz CT molecular complexity index is 885. The van der Waals surface area contributed by atoms with Gasteiger partial charge in [-0.1, -0.05) is 94.6 Å². The van der Waals surface area contributed by atoms with E-state index < -0.39 is 0 Å². The highest BCUT2D eigenvalue weighted by molar-refractivity contribution is 5.46. The van der Waals surface area contributed by atoms with Crippen molar-refractivity contribution < 1.29 is 0 Å². The average Bonchev–Trinajstić information content (AvgIpc) is 2.82. The molecule has 2 aromatic carbocycles. The SMILES string of the molecule is CC#Cc1ccc(C#Cc2ccc(CCC3CCC(CCCCCC)CC3)cc2)cc1. The molecule has 2 aromatic rings. The van der Waals surface area contributed by atoms with Crippen LogP contribution in [0.2, 0.25) is 0 Å². The van der Waals surface area contributed by atoms with Gasteiger partial charge in [-0.2, -0.15) is 0 Å². The Morgan fingerprint density at radius 1 is 0.645 bits per heavy atom. The molecule has 0 N–H and O–H groups in total. The van der Waals surface area contributed by atoms with E-state index in [1.54, 1.807) is 0 Å². The maximum Gasteiger partial charge on any atom is 0.0249 e. The second-order valence-corrected chi connectivity index (χ2v) is 9.17. The van der Waals surface area contributed by atoms with Crippen LogP contribution in [0.1, 0.15) is 100 Å². The maximum absolute atomic E-state index is 3.29. The second-order valence-electron chi connectivity index (χ2n) is 9.17. The zero-order valence-corrected chi connectivity index (χ0v) is 19.6. The lowest BCUT2D eigenvalue weighted by atomic mass is 9.77. The fourth-order valence-electron chi connectivity index (χ4n) is 4.72. The van der Waals surface area contributed by atoms with Gasteiger partial charge in [0.15, 0.2) is 0 Å². The highest BCUT2D eigenvalue weighted by Crippen LogP contribution is 2.34. The van der Waals surface area contributed by atoms with Crippen LogP contribution >= 0.6 is 0 Å². The van der Waals surface area contributed by atoms with Crippen molar-refractivity contribution in [3.63, 3.8) is 0 Å². The topological polar surface area (TPSA) is 0 Å². The van der Waals surface area contributed by atoms with E-state index in [-0.39, 0.29) is 0 Å². The molecule has 162 valence electrons. The summed E-state index contributed by atoms with van der Waals surface area (Å²) in [5.74, 6) is 14.5. The first kappa shape index (κ1) is 23.2. The van der Waals surface area contributed by atoms with Crippen LogP contribution in [0.25, 0.3) is 0 Å². The first-order chi connectivity index (χ1) is 15.3. The van der Waals surface area contributed by atoms with Gasteiger partial charge in [0.05, 0.1) is 0 Å². The Kier molecular flexibility index (Phi) is 9.80. The molecule has 0 spiro atoms. The summed E-state index contributed by atoms with van der Waals surface area (Å²) in [6, 6.07) is 17.0. The van der Waals surface area contributed by atoms with Crippen LogP contribution in [0.4, 0.5) is 0 Å². The molecule has 1 fully saturated rings. The third kappa shape index (κ3) is 8.31. The average molecular weight is 411 g/mol. The number of unbranched alkanes of at least 4 members (excludes halogenated alkanes) is 3. The van der Waals surface area contributed by atoms with Crippen molar-refractivity contribution in [2.75, 3.05) is 0 Å². The van der Waals surface area contributed by atoms with Crippen LogP contribution in [0.15, 0.2) is 48.5 Å². The summed E-state index contributed by atoms with van der Waals surface area (Å²) in [7, 11) is 0. The second kappa shape index (κ2) is 13.1. The van der Waals surface area contributed by atoms with Crippen LogP contribution in [0.5, 0.6) is 0 Å². The first-order valence-electron chi connectivity index (χ1n) is 12.4. The zero-order chi connectivity index (χ0) is 21.7.